The van der Waals surface area contributed by atoms with Crippen LogP contribution < -0.4 is 10.2 Å². The van der Waals surface area contributed by atoms with Crippen LogP contribution in [0.25, 0.3) is 0 Å². The highest BCUT2D eigenvalue weighted by Gasteiger charge is 2.22. The number of anilines is 1. The van der Waals surface area contributed by atoms with Crippen molar-refractivity contribution in [1.82, 2.24) is 5.32 Å². The molecule has 19 heavy (non-hydrogen) atoms. The molecule has 0 amide bonds. The van der Waals surface area contributed by atoms with Gasteiger partial charge in [0, 0.05) is 31.4 Å². The molecule has 0 bridgehead atoms. The van der Waals surface area contributed by atoms with Gasteiger partial charge in [0.05, 0.1) is 0 Å². The van der Waals surface area contributed by atoms with Crippen LogP contribution in [-0.4, -0.2) is 25.7 Å². The van der Waals surface area contributed by atoms with Crippen LogP contribution in [0.15, 0.2) is 24.3 Å². The van der Waals surface area contributed by atoms with E-state index in [9.17, 15) is 0 Å². The van der Waals surface area contributed by atoms with Crippen LogP contribution in [0.2, 0.25) is 0 Å². The Morgan fingerprint density at radius 3 is 2.32 bits per heavy atom. The third kappa shape index (κ3) is 3.50. The first kappa shape index (κ1) is 14.4. The van der Waals surface area contributed by atoms with E-state index in [-0.39, 0.29) is 5.41 Å². The van der Waals surface area contributed by atoms with Crippen molar-refractivity contribution in [2.24, 2.45) is 5.92 Å². The summed E-state index contributed by atoms with van der Waals surface area (Å²) in [4.78, 5) is 2.51. The van der Waals surface area contributed by atoms with E-state index in [1.807, 2.05) is 0 Å². The molecule has 1 saturated heterocycles. The number of rotatable bonds is 2. The zero-order valence-electron chi connectivity index (χ0n) is 13.0. The first-order valence-corrected chi connectivity index (χ1v) is 7.47. The average Bonchev–Trinajstić information content (AvgIpc) is 2.38. The molecule has 0 aliphatic carbocycles. The molecule has 2 rings (SSSR count). The summed E-state index contributed by atoms with van der Waals surface area (Å²) in [5.41, 5.74) is 3.01. The summed E-state index contributed by atoms with van der Waals surface area (Å²) in [6.45, 7) is 14.7. The fourth-order valence-corrected chi connectivity index (χ4v) is 2.63. The van der Waals surface area contributed by atoms with Gasteiger partial charge in [-0.25, -0.2) is 0 Å². The summed E-state index contributed by atoms with van der Waals surface area (Å²) in [6, 6.07) is 9.73. The van der Waals surface area contributed by atoms with Gasteiger partial charge >= 0.3 is 0 Å². The molecule has 0 saturated carbocycles. The van der Waals surface area contributed by atoms with Gasteiger partial charge in [0.25, 0.3) is 0 Å². The van der Waals surface area contributed by atoms with Crippen LogP contribution in [-0.2, 0) is 5.41 Å². The highest BCUT2D eigenvalue weighted by molar-refractivity contribution is 5.49. The van der Waals surface area contributed by atoms with Crippen molar-refractivity contribution in [3.05, 3.63) is 29.8 Å². The first-order chi connectivity index (χ1) is 8.88. The lowest BCUT2D eigenvalue weighted by molar-refractivity contribution is 0.368. The zero-order valence-corrected chi connectivity index (χ0v) is 13.0. The molecule has 1 heterocycles. The highest BCUT2D eigenvalue weighted by Crippen LogP contribution is 2.25. The van der Waals surface area contributed by atoms with Gasteiger partial charge in [0.2, 0.25) is 0 Å². The lowest BCUT2D eigenvalue weighted by Crippen LogP contribution is -2.53. The SMILES string of the molecule is CC(C)C1CN(c2ccc(C(C)(C)C)cc2)CCN1. The monoisotopic (exact) mass is 260 g/mol. The summed E-state index contributed by atoms with van der Waals surface area (Å²) in [5, 5.41) is 3.61. The molecule has 1 aromatic rings. The lowest BCUT2D eigenvalue weighted by Gasteiger charge is -2.37. The van der Waals surface area contributed by atoms with Crippen molar-refractivity contribution in [2.45, 2.75) is 46.1 Å². The van der Waals surface area contributed by atoms with E-state index in [0.29, 0.717) is 12.0 Å². The van der Waals surface area contributed by atoms with Crippen molar-refractivity contribution in [3.63, 3.8) is 0 Å². The molecule has 1 N–H and O–H groups in total. The van der Waals surface area contributed by atoms with E-state index in [0.717, 1.165) is 19.6 Å². The predicted molar refractivity (Wildman–Crippen MR) is 84.0 cm³/mol. The molecule has 1 atom stereocenters. The van der Waals surface area contributed by atoms with Crippen LogP contribution in [0.4, 0.5) is 5.69 Å². The number of nitrogens with one attached hydrogen (secondary N) is 1. The molecular formula is C17H28N2. The summed E-state index contributed by atoms with van der Waals surface area (Å²) >= 11 is 0. The van der Waals surface area contributed by atoms with Crippen LogP contribution in [0.1, 0.15) is 40.2 Å². The average molecular weight is 260 g/mol. The topological polar surface area (TPSA) is 15.3 Å². The van der Waals surface area contributed by atoms with E-state index in [4.69, 9.17) is 0 Å². The molecular weight excluding hydrogens is 232 g/mol. The van der Waals surface area contributed by atoms with Crippen molar-refractivity contribution in [3.8, 4) is 0 Å². The first-order valence-electron chi connectivity index (χ1n) is 7.47. The smallest absolute Gasteiger partial charge is 0.0367 e. The summed E-state index contributed by atoms with van der Waals surface area (Å²) < 4.78 is 0. The predicted octanol–water partition coefficient (Wildman–Crippen LogP) is 3.42. The van der Waals surface area contributed by atoms with Crippen molar-refractivity contribution in [2.75, 3.05) is 24.5 Å². The maximum absolute atomic E-state index is 3.61. The quantitative estimate of drug-likeness (QED) is 0.876. The van der Waals surface area contributed by atoms with E-state index >= 15 is 0 Å². The maximum Gasteiger partial charge on any atom is 0.0367 e. The zero-order chi connectivity index (χ0) is 14.0. The van der Waals surface area contributed by atoms with Crippen molar-refractivity contribution < 1.29 is 0 Å². The minimum Gasteiger partial charge on any atom is -0.369 e. The van der Waals surface area contributed by atoms with Crippen LogP contribution in [0, 0.1) is 5.92 Å². The number of benzene rings is 1. The molecule has 0 aromatic heterocycles. The number of nitrogens with zero attached hydrogens (tertiary/aromatic N) is 1. The van der Waals surface area contributed by atoms with Crippen LogP contribution in [0.5, 0.6) is 0 Å². The molecule has 106 valence electrons. The Hall–Kier alpha value is -1.02. The van der Waals surface area contributed by atoms with Gasteiger partial charge in [0.1, 0.15) is 0 Å². The van der Waals surface area contributed by atoms with E-state index in [1.165, 1.54) is 11.3 Å². The second kappa shape index (κ2) is 5.54. The number of hydrogen-bond donors (Lipinski definition) is 1. The van der Waals surface area contributed by atoms with Crippen molar-refractivity contribution >= 4 is 5.69 Å². The fourth-order valence-electron chi connectivity index (χ4n) is 2.63. The normalized spacial score (nSPS) is 20.9. The third-order valence-corrected chi connectivity index (χ3v) is 4.11. The molecule has 2 heteroatoms. The Kier molecular flexibility index (Phi) is 4.19. The van der Waals surface area contributed by atoms with Gasteiger partial charge in [-0.3, -0.25) is 0 Å². The van der Waals surface area contributed by atoms with Gasteiger partial charge in [-0.05, 0) is 29.0 Å². The molecule has 1 aromatic carbocycles. The van der Waals surface area contributed by atoms with E-state index in [1.54, 1.807) is 0 Å². The molecule has 1 fully saturated rings. The van der Waals surface area contributed by atoms with Gasteiger partial charge < -0.3 is 10.2 Å². The highest BCUT2D eigenvalue weighted by atomic mass is 15.2. The Labute approximate surface area is 118 Å². The molecule has 1 unspecified atom stereocenters. The minimum atomic E-state index is 0.239. The van der Waals surface area contributed by atoms with E-state index < -0.39 is 0 Å². The molecule has 0 radical (unpaired) electrons. The Bertz CT molecular complexity index is 400. The number of hydrogen-bond acceptors (Lipinski definition) is 2. The Morgan fingerprint density at radius 1 is 1.16 bits per heavy atom. The second-order valence-corrected chi connectivity index (χ2v) is 7.05. The van der Waals surface area contributed by atoms with Gasteiger partial charge in [-0.2, -0.15) is 0 Å². The largest absolute Gasteiger partial charge is 0.369 e. The summed E-state index contributed by atoms with van der Waals surface area (Å²) in [5.74, 6) is 0.691. The van der Waals surface area contributed by atoms with E-state index in [2.05, 4.69) is 69.1 Å². The Balaban J connectivity index is 2.10. The van der Waals surface area contributed by atoms with Crippen LogP contribution in [0.3, 0.4) is 0 Å². The Morgan fingerprint density at radius 2 is 1.79 bits per heavy atom. The number of piperazine rings is 1. The van der Waals surface area contributed by atoms with Gasteiger partial charge in [-0.15, -0.1) is 0 Å². The molecule has 1 aliphatic rings. The lowest BCUT2D eigenvalue weighted by atomic mass is 9.87. The second-order valence-electron chi connectivity index (χ2n) is 7.05. The van der Waals surface area contributed by atoms with Crippen molar-refractivity contribution in [1.29, 1.82) is 0 Å². The maximum atomic E-state index is 3.61. The molecule has 1 aliphatic heterocycles. The minimum absolute atomic E-state index is 0.239. The van der Waals surface area contributed by atoms with Crippen LogP contribution >= 0.6 is 0 Å². The standard InChI is InChI=1S/C17H28N2/c1-13(2)16-12-19(11-10-18-16)15-8-6-14(7-9-15)17(3,4)5/h6-9,13,16,18H,10-12H2,1-5H3. The molecule has 0 spiro atoms. The molecule has 2 nitrogen and oxygen atoms in total. The van der Waals surface area contributed by atoms with Gasteiger partial charge in [0.15, 0.2) is 0 Å². The van der Waals surface area contributed by atoms with Gasteiger partial charge in [-0.1, -0.05) is 46.8 Å². The summed E-state index contributed by atoms with van der Waals surface area (Å²) in [7, 11) is 0. The summed E-state index contributed by atoms with van der Waals surface area (Å²) in [6.07, 6.45) is 0. The third-order valence-electron chi connectivity index (χ3n) is 4.11. The fraction of sp³-hybridized carbons (Fsp3) is 0.647.